The quantitative estimate of drug-likeness (QED) is 0.767. The molecule has 2 aromatic rings. The lowest BCUT2D eigenvalue weighted by Crippen LogP contribution is -2.30. The van der Waals surface area contributed by atoms with Crippen molar-refractivity contribution in [3.05, 3.63) is 48.5 Å². The molecule has 1 aliphatic heterocycles. The number of carbonyl (C=O) groups excluding carboxylic acids is 1. The highest BCUT2D eigenvalue weighted by Crippen LogP contribution is 2.20. The number of ether oxygens (including phenoxy) is 4. The Bertz CT molecular complexity index is 723. The van der Waals surface area contributed by atoms with Crippen molar-refractivity contribution in [2.75, 3.05) is 25.6 Å². The molecule has 6 nitrogen and oxygen atoms in total. The molecule has 1 heterocycles. The zero-order valence-electron chi connectivity index (χ0n) is 15.6. The highest BCUT2D eigenvalue weighted by atomic mass is 16.5. The molecule has 1 N–H and O–H groups in total. The van der Waals surface area contributed by atoms with E-state index >= 15 is 0 Å². The van der Waals surface area contributed by atoms with E-state index in [0.29, 0.717) is 18.0 Å². The van der Waals surface area contributed by atoms with Crippen LogP contribution in [0.4, 0.5) is 5.69 Å². The third-order valence-corrected chi connectivity index (χ3v) is 4.32. The van der Waals surface area contributed by atoms with Gasteiger partial charge in [0.15, 0.2) is 6.10 Å². The first-order valence-electron chi connectivity index (χ1n) is 9.10. The first-order chi connectivity index (χ1) is 13.1. The average molecular weight is 371 g/mol. The maximum absolute atomic E-state index is 12.3. The van der Waals surface area contributed by atoms with E-state index in [1.54, 1.807) is 38.3 Å². The van der Waals surface area contributed by atoms with Crippen LogP contribution in [0.25, 0.3) is 0 Å². The Morgan fingerprint density at radius 2 is 1.78 bits per heavy atom. The maximum atomic E-state index is 12.3. The van der Waals surface area contributed by atoms with E-state index in [2.05, 4.69) is 5.32 Å². The van der Waals surface area contributed by atoms with Crippen LogP contribution in [0.15, 0.2) is 48.5 Å². The number of methoxy groups -OCH3 is 1. The number of hydrogen-bond acceptors (Lipinski definition) is 5. The number of rotatable bonds is 8. The second-order valence-corrected chi connectivity index (χ2v) is 6.40. The molecule has 2 unspecified atom stereocenters. The summed E-state index contributed by atoms with van der Waals surface area (Å²) < 4.78 is 22.0. The third kappa shape index (κ3) is 5.62. The van der Waals surface area contributed by atoms with Crippen LogP contribution < -0.4 is 19.5 Å². The van der Waals surface area contributed by atoms with E-state index < -0.39 is 6.10 Å². The van der Waals surface area contributed by atoms with Gasteiger partial charge >= 0.3 is 0 Å². The second kappa shape index (κ2) is 9.28. The molecule has 0 saturated carbocycles. The first kappa shape index (κ1) is 19.0. The Hall–Kier alpha value is -2.73. The summed E-state index contributed by atoms with van der Waals surface area (Å²) >= 11 is 0. The summed E-state index contributed by atoms with van der Waals surface area (Å²) in [4.78, 5) is 12.3. The van der Waals surface area contributed by atoms with Gasteiger partial charge in [-0.3, -0.25) is 4.79 Å². The van der Waals surface area contributed by atoms with E-state index in [1.807, 2.05) is 24.3 Å². The lowest BCUT2D eigenvalue weighted by atomic mass is 10.2. The van der Waals surface area contributed by atoms with Gasteiger partial charge in [-0.1, -0.05) is 0 Å². The number of carbonyl (C=O) groups is 1. The summed E-state index contributed by atoms with van der Waals surface area (Å²) in [6.45, 7) is 3.08. The molecule has 0 aliphatic carbocycles. The van der Waals surface area contributed by atoms with Crippen molar-refractivity contribution in [1.29, 1.82) is 0 Å². The van der Waals surface area contributed by atoms with Crippen LogP contribution in [0.2, 0.25) is 0 Å². The topological polar surface area (TPSA) is 66.0 Å². The summed E-state index contributed by atoms with van der Waals surface area (Å²) in [6, 6.07) is 14.4. The van der Waals surface area contributed by atoms with Gasteiger partial charge in [0.2, 0.25) is 0 Å². The molecule has 1 saturated heterocycles. The molecular weight excluding hydrogens is 346 g/mol. The van der Waals surface area contributed by atoms with Crippen LogP contribution in [0.5, 0.6) is 17.2 Å². The normalized spacial score (nSPS) is 17.2. The van der Waals surface area contributed by atoms with Crippen LogP contribution in [-0.2, 0) is 9.53 Å². The zero-order valence-corrected chi connectivity index (χ0v) is 15.6. The fraction of sp³-hybridized carbons (Fsp3) is 0.381. The molecule has 1 aliphatic rings. The second-order valence-electron chi connectivity index (χ2n) is 6.40. The van der Waals surface area contributed by atoms with Gasteiger partial charge in [-0.2, -0.15) is 0 Å². The number of amides is 1. The van der Waals surface area contributed by atoms with Crippen molar-refractivity contribution in [3.63, 3.8) is 0 Å². The molecule has 1 fully saturated rings. The molecule has 1 amide bonds. The van der Waals surface area contributed by atoms with E-state index in [1.165, 1.54) is 0 Å². The lowest BCUT2D eigenvalue weighted by Gasteiger charge is -2.15. The van der Waals surface area contributed by atoms with Crippen LogP contribution in [-0.4, -0.2) is 38.4 Å². The fourth-order valence-electron chi connectivity index (χ4n) is 2.76. The predicted molar refractivity (Wildman–Crippen MR) is 103 cm³/mol. The molecule has 2 atom stereocenters. The van der Waals surface area contributed by atoms with Crippen molar-refractivity contribution < 1.29 is 23.7 Å². The van der Waals surface area contributed by atoms with Crippen LogP contribution in [0.3, 0.4) is 0 Å². The summed E-state index contributed by atoms with van der Waals surface area (Å²) in [6.07, 6.45) is 1.69. The Balaban J connectivity index is 1.47. The van der Waals surface area contributed by atoms with E-state index in [0.717, 1.165) is 30.9 Å². The zero-order chi connectivity index (χ0) is 19.1. The van der Waals surface area contributed by atoms with Crippen LogP contribution in [0.1, 0.15) is 19.8 Å². The number of nitrogens with one attached hydrogen (secondary N) is 1. The van der Waals surface area contributed by atoms with Crippen molar-refractivity contribution in [2.45, 2.75) is 32.0 Å². The molecule has 6 heteroatoms. The molecule has 0 aromatic heterocycles. The minimum Gasteiger partial charge on any atom is -0.497 e. The summed E-state index contributed by atoms with van der Waals surface area (Å²) in [5, 5.41) is 2.84. The van der Waals surface area contributed by atoms with Crippen LogP contribution in [0, 0.1) is 0 Å². The molecule has 3 rings (SSSR count). The molecule has 27 heavy (non-hydrogen) atoms. The van der Waals surface area contributed by atoms with E-state index in [9.17, 15) is 4.79 Å². The monoisotopic (exact) mass is 371 g/mol. The van der Waals surface area contributed by atoms with Crippen molar-refractivity contribution in [3.8, 4) is 17.2 Å². The highest BCUT2D eigenvalue weighted by Gasteiger charge is 2.17. The smallest absolute Gasteiger partial charge is 0.265 e. The van der Waals surface area contributed by atoms with Gasteiger partial charge in [-0.05, 0) is 68.3 Å². The Labute approximate surface area is 159 Å². The van der Waals surface area contributed by atoms with Gasteiger partial charge in [0.05, 0.1) is 13.2 Å². The van der Waals surface area contributed by atoms with E-state index in [4.69, 9.17) is 18.9 Å². The molecule has 0 bridgehead atoms. The van der Waals surface area contributed by atoms with Gasteiger partial charge in [0, 0.05) is 12.3 Å². The lowest BCUT2D eigenvalue weighted by molar-refractivity contribution is -0.122. The van der Waals surface area contributed by atoms with Crippen LogP contribution >= 0.6 is 0 Å². The Morgan fingerprint density at radius 1 is 1.11 bits per heavy atom. The summed E-state index contributed by atoms with van der Waals surface area (Å²) in [5.74, 6) is 1.88. The maximum Gasteiger partial charge on any atom is 0.265 e. The molecule has 0 spiro atoms. The van der Waals surface area contributed by atoms with Crippen molar-refractivity contribution in [2.24, 2.45) is 0 Å². The largest absolute Gasteiger partial charge is 0.497 e. The van der Waals surface area contributed by atoms with Gasteiger partial charge in [-0.25, -0.2) is 0 Å². The molecule has 0 radical (unpaired) electrons. The Kier molecular flexibility index (Phi) is 6.54. The fourth-order valence-corrected chi connectivity index (χ4v) is 2.76. The number of anilines is 1. The Morgan fingerprint density at radius 3 is 2.41 bits per heavy atom. The number of hydrogen-bond donors (Lipinski definition) is 1. The number of benzene rings is 2. The minimum absolute atomic E-state index is 0.181. The van der Waals surface area contributed by atoms with Crippen molar-refractivity contribution >= 4 is 11.6 Å². The standard InChI is InChI=1S/C21H25NO5/c1-15(27-19-11-9-17(24-2)10-12-19)21(23)22-16-5-7-18(8-6-16)26-14-20-4-3-13-25-20/h5-12,15,20H,3-4,13-14H2,1-2H3,(H,22,23). The van der Waals surface area contributed by atoms with E-state index in [-0.39, 0.29) is 12.0 Å². The van der Waals surface area contributed by atoms with Gasteiger partial charge < -0.3 is 24.3 Å². The van der Waals surface area contributed by atoms with Gasteiger partial charge in [0.25, 0.3) is 5.91 Å². The SMILES string of the molecule is COc1ccc(OC(C)C(=O)Nc2ccc(OCC3CCCO3)cc2)cc1. The van der Waals surface area contributed by atoms with Crippen molar-refractivity contribution in [1.82, 2.24) is 0 Å². The van der Waals surface area contributed by atoms with Gasteiger partial charge in [-0.15, -0.1) is 0 Å². The van der Waals surface area contributed by atoms with Gasteiger partial charge in [0.1, 0.15) is 23.9 Å². The summed E-state index contributed by atoms with van der Waals surface area (Å²) in [5.41, 5.74) is 0.689. The average Bonchev–Trinajstić information content (AvgIpc) is 3.21. The molecular formula is C21H25NO5. The molecule has 2 aromatic carbocycles. The molecule has 144 valence electrons. The minimum atomic E-state index is -0.631. The predicted octanol–water partition coefficient (Wildman–Crippen LogP) is 3.66. The third-order valence-electron chi connectivity index (χ3n) is 4.32. The highest BCUT2D eigenvalue weighted by molar-refractivity contribution is 5.94. The first-order valence-corrected chi connectivity index (χ1v) is 9.10. The summed E-state index contributed by atoms with van der Waals surface area (Å²) in [7, 11) is 1.60.